The Morgan fingerprint density at radius 3 is 2.44 bits per heavy atom. The Morgan fingerprint density at radius 1 is 1.02 bits per heavy atom. The van der Waals surface area contributed by atoms with E-state index in [0.717, 1.165) is 4.90 Å². The molecule has 18 nitrogen and oxygen atoms in total. The summed E-state index contributed by atoms with van der Waals surface area (Å²) in [4.78, 5) is 82.3. The van der Waals surface area contributed by atoms with E-state index in [0.29, 0.717) is 0 Å². The first kappa shape index (κ1) is 41.4. The highest BCUT2D eigenvalue weighted by atomic mass is 32.2. The standard InChI is InChI=1S/C40H44N2O16S/c1-16-36-21(41-14-18(56-39(54-3)38(41)58-36)8-17(44)13-42-26(46)10-24(59-4)37(42)51)9-27(55-16)57-23-12-40(52,25(45)15-43)11-20-29(23)35(50)31-30(33(20)48)32(47)19-6-5-7-22(53-2)28(19)34(31)49/h5-7,16,18,21,23-24,27,36,38-39,43,48,50,52H,8-15H2,1-4H3/t16-,18?,21-,23-,24?,27-,36+,38+,39-,40-/m0/s1. The molecule has 19 heteroatoms. The molecule has 4 saturated heterocycles. The SMILES string of the molecule is COc1cccc2c1C(=O)c1c(O)c3c(c(O)c1C2=O)C[C@@](O)(C(=O)CO)C[C@@H]3O[C@H]1C[C@H]2[C@H](O[C@@H]3[C@@H](OC)OC(CC(=O)CN4C(=O)CC(SC)C4=O)CN32)[C@H](C)O1. The van der Waals surface area contributed by atoms with Crippen molar-refractivity contribution >= 4 is 46.7 Å². The maximum atomic E-state index is 14.1. The van der Waals surface area contributed by atoms with Crippen molar-refractivity contribution in [1.82, 2.24) is 9.80 Å². The van der Waals surface area contributed by atoms with Crippen LogP contribution in [0.1, 0.15) is 81.7 Å². The average molecular weight is 841 g/mol. The summed E-state index contributed by atoms with van der Waals surface area (Å²) in [5.41, 5.74) is -3.89. The van der Waals surface area contributed by atoms with Gasteiger partial charge in [-0.3, -0.25) is 38.6 Å². The molecule has 2 unspecified atom stereocenters. The summed E-state index contributed by atoms with van der Waals surface area (Å²) < 4.78 is 36.3. The van der Waals surface area contributed by atoms with E-state index < -0.39 is 131 Å². The minimum Gasteiger partial charge on any atom is -0.507 e. The van der Waals surface area contributed by atoms with Gasteiger partial charge in [-0.2, -0.15) is 11.8 Å². The van der Waals surface area contributed by atoms with E-state index in [-0.39, 0.29) is 66.1 Å². The summed E-state index contributed by atoms with van der Waals surface area (Å²) in [5.74, 6) is -5.14. The highest BCUT2D eigenvalue weighted by Gasteiger charge is 2.56. The van der Waals surface area contributed by atoms with Crippen molar-refractivity contribution in [2.45, 2.75) is 99.1 Å². The third kappa shape index (κ3) is 6.76. The number of nitrogens with zero attached hydrogens (tertiary/aromatic N) is 2. The van der Waals surface area contributed by atoms with Crippen LogP contribution in [0.5, 0.6) is 17.2 Å². The second-order valence-electron chi connectivity index (χ2n) is 15.6. The van der Waals surface area contributed by atoms with Crippen molar-refractivity contribution in [2.24, 2.45) is 0 Å². The number of phenolic OH excluding ortho intramolecular Hbond substituents is 2. The van der Waals surface area contributed by atoms with E-state index in [1.807, 2.05) is 4.90 Å². The van der Waals surface area contributed by atoms with Crippen molar-refractivity contribution in [1.29, 1.82) is 0 Å². The lowest BCUT2D eigenvalue weighted by Gasteiger charge is -2.44. The van der Waals surface area contributed by atoms with E-state index in [4.69, 9.17) is 28.4 Å². The Bertz CT molecular complexity index is 2150. The number of aliphatic hydroxyl groups excluding tert-OH is 1. The molecule has 4 heterocycles. The summed E-state index contributed by atoms with van der Waals surface area (Å²) in [5, 5.41) is 44.7. The summed E-state index contributed by atoms with van der Waals surface area (Å²) in [6, 6.07) is 3.91. The maximum Gasteiger partial charge on any atom is 0.243 e. The lowest BCUT2D eigenvalue weighted by Crippen LogP contribution is -2.58. The molecule has 0 bridgehead atoms. The van der Waals surface area contributed by atoms with Gasteiger partial charge in [0.25, 0.3) is 0 Å². The molecule has 59 heavy (non-hydrogen) atoms. The quantitative estimate of drug-likeness (QED) is 0.152. The normalized spacial score (nSPS) is 32.6. The third-order valence-electron chi connectivity index (χ3n) is 12.2. The van der Waals surface area contributed by atoms with E-state index in [9.17, 15) is 49.2 Å². The van der Waals surface area contributed by atoms with Gasteiger partial charge in [-0.05, 0) is 19.2 Å². The van der Waals surface area contributed by atoms with E-state index >= 15 is 0 Å². The first-order valence-corrected chi connectivity index (χ1v) is 20.5. The van der Waals surface area contributed by atoms with Crippen LogP contribution in [-0.4, -0.2) is 159 Å². The first-order valence-electron chi connectivity index (χ1n) is 19.2. The number of hydrogen-bond acceptors (Lipinski definition) is 18. The molecule has 2 aromatic carbocycles. The second kappa shape index (κ2) is 15.6. The summed E-state index contributed by atoms with van der Waals surface area (Å²) in [6.45, 7) is 0.491. The zero-order chi connectivity index (χ0) is 42.2. The molecule has 4 fully saturated rings. The van der Waals surface area contributed by atoms with Crippen LogP contribution in [0.25, 0.3) is 0 Å². The topological polar surface area (TPSA) is 245 Å². The number of thioether (sulfide) groups is 1. The number of carbonyl (C=O) groups excluding carboxylic acids is 6. The zero-order valence-corrected chi connectivity index (χ0v) is 33.4. The largest absolute Gasteiger partial charge is 0.507 e. The number of phenols is 2. The monoisotopic (exact) mass is 840 g/mol. The predicted molar refractivity (Wildman–Crippen MR) is 201 cm³/mol. The smallest absolute Gasteiger partial charge is 0.243 e. The Kier molecular flexibility index (Phi) is 11.0. The van der Waals surface area contributed by atoms with Gasteiger partial charge in [-0.1, -0.05) is 12.1 Å². The number of carbonyl (C=O) groups is 6. The number of fused-ring (bicyclic) bond motifs is 6. The fourth-order valence-corrected chi connectivity index (χ4v) is 10.1. The van der Waals surface area contributed by atoms with Crippen LogP contribution in [0.3, 0.4) is 0 Å². The number of Topliss-reactive ketones (excluding diaryl/α,β-unsaturated/α-hetero) is 2. The average Bonchev–Trinajstić information content (AvgIpc) is 3.72. The Labute approximate surface area is 341 Å². The number of rotatable bonds is 11. The second-order valence-corrected chi connectivity index (χ2v) is 16.7. The molecule has 2 aliphatic carbocycles. The van der Waals surface area contributed by atoms with Gasteiger partial charge in [0, 0.05) is 68.5 Å². The number of methoxy groups -OCH3 is 2. The number of amides is 2. The van der Waals surface area contributed by atoms with Crippen molar-refractivity contribution in [3.63, 3.8) is 0 Å². The highest BCUT2D eigenvalue weighted by Crippen LogP contribution is 2.53. The molecule has 4 N–H and O–H groups in total. The van der Waals surface area contributed by atoms with Gasteiger partial charge in [0.15, 0.2) is 36.2 Å². The Balaban J connectivity index is 1.08. The van der Waals surface area contributed by atoms with E-state index in [1.165, 1.54) is 44.2 Å². The zero-order valence-electron chi connectivity index (χ0n) is 32.6. The van der Waals surface area contributed by atoms with Gasteiger partial charge < -0.3 is 48.8 Å². The lowest BCUT2D eigenvalue weighted by molar-refractivity contribution is -0.271. The molecule has 0 radical (unpaired) electrons. The number of ether oxygens (including phenoxy) is 6. The first-order chi connectivity index (χ1) is 28.1. The molecule has 0 saturated carbocycles. The number of hydrogen-bond donors (Lipinski definition) is 4. The van der Waals surface area contributed by atoms with Crippen LogP contribution in [0.4, 0.5) is 0 Å². The number of imide groups is 1. The number of benzene rings is 2. The van der Waals surface area contributed by atoms with Crippen LogP contribution >= 0.6 is 11.8 Å². The van der Waals surface area contributed by atoms with Gasteiger partial charge in [-0.15, -0.1) is 0 Å². The Hall–Kier alpha value is -4.31. The summed E-state index contributed by atoms with van der Waals surface area (Å²) >= 11 is 1.25. The molecule has 10 atom stereocenters. The van der Waals surface area contributed by atoms with E-state index in [1.54, 1.807) is 13.2 Å². The molecule has 0 aromatic heterocycles. The van der Waals surface area contributed by atoms with Gasteiger partial charge >= 0.3 is 0 Å². The minimum absolute atomic E-state index is 0.0340. The van der Waals surface area contributed by atoms with Crippen LogP contribution in [-0.2, 0) is 49.3 Å². The van der Waals surface area contributed by atoms with Crippen LogP contribution in [0.15, 0.2) is 18.2 Å². The van der Waals surface area contributed by atoms with Gasteiger partial charge in [-0.25, -0.2) is 0 Å². The van der Waals surface area contributed by atoms with Gasteiger partial charge in [0.2, 0.25) is 17.6 Å². The number of ketones is 4. The molecule has 2 amide bonds. The van der Waals surface area contributed by atoms with Gasteiger partial charge in [0.1, 0.15) is 35.6 Å². The predicted octanol–water partition coefficient (Wildman–Crippen LogP) is 0.530. The third-order valence-corrected chi connectivity index (χ3v) is 13.2. The van der Waals surface area contributed by atoms with E-state index in [2.05, 4.69) is 0 Å². The molecule has 316 valence electrons. The summed E-state index contributed by atoms with van der Waals surface area (Å²) in [6.07, 6.45) is -5.52. The fraction of sp³-hybridized carbons (Fsp3) is 0.550. The maximum absolute atomic E-state index is 14.1. The molecule has 4 aliphatic heterocycles. The van der Waals surface area contributed by atoms with Crippen molar-refractivity contribution in [2.75, 3.05) is 40.2 Å². The highest BCUT2D eigenvalue weighted by molar-refractivity contribution is 8.00. The van der Waals surface area contributed by atoms with Crippen molar-refractivity contribution in [3.8, 4) is 17.2 Å². The number of likely N-dealkylation sites (tertiary alicyclic amines) is 1. The van der Waals surface area contributed by atoms with Crippen LogP contribution < -0.4 is 4.74 Å². The van der Waals surface area contributed by atoms with Crippen molar-refractivity contribution < 1.29 is 77.6 Å². The molecule has 8 rings (SSSR count). The number of morpholine rings is 1. The Morgan fingerprint density at radius 2 is 1.76 bits per heavy atom. The minimum atomic E-state index is -2.33. The van der Waals surface area contributed by atoms with Crippen molar-refractivity contribution in [3.05, 3.63) is 51.6 Å². The molecule has 2 aromatic rings. The molecule has 0 spiro atoms. The molecular weight excluding hydrogens is 797 g/mol. The lowest BCUT2D eigenvalue weighted by atomic mass is 9.72. The molecule has 6 aliphatic rings. The van der Waals surface area contributed by atoms with Crippen LogP contribution in [0, 0.1) is 0 Å². The fourth-order valence-electron chi connectivity index (χ4n) is 9.41. The number of aliphatic hydroxyl groups is 2. The van der Waals surface area contributed by atoms with Crippen LogP contribution in [0.2, 0.25) is 0 Å². The molecular formula is C40H44N2O16S. The van der Waals surface area contributed by atoms with Gasteiger partial charge in [0.05, 0.1) is 53.9 Å². The summed E-state index contributed by atoms with van der Waals surface area (Å²) in [7, 11) is 2.75. The number of aromatic hydroxyl groups is 2.